The van der Waals surface area contributed by atoms with Crippen LogP contribution in [0.1, 0.15) is 32.5 Å². The normalized spacial score (nSPS) is 12.2. The van der Waals surface area contributed by atoms with E-state index in [-0.39, 0.29) is 5.75 Å². The molecule has 0 aliphatic rings. The van der Waals surface area contributed by atoms with E-state index in [4.69, 9.17) is 0 Å². The molecular weight excluding hydrogens is 268 g/mol. The van der Waals surface area contributed by atoms with Crippen LogP contribution in [0, 0.1) is 0 Å². The maximum absolute atomic E-state index is 11.7. The van der Waals surface area contributed by atoms with Gasteiger partial charge in [-0.2, -0.15) is 4.98 Å². The maximum atomic E-state index is 11.7. The molecule has 0 radical (unpaired) electrons. The lowest BCUT2D eigenvalue weighted by Crippen LogP contribution is -2.29. The second-order valence-electron chi connectivity index (χ2n) is 4.63. The highest BCUT2D eigenvalue weighted by Crippen LogP contribution is 1.95. The number of hydrogen-bond donors (Lipinski definition) is 2. The van der Waals surface area contributed by atoms with Crippen molar-refractivity contribution < 1.29 is 12.9 Å². The van der Waals surface area contributed by atoms with Crippen LogP contribution in [0.5, 0.6) is 0 Å². The van der Waals surface area contributed by atoms with Crippen LogP contribution >= 0.6 is 0 Å². The molecule has 0 fully saturated rings. The van der Waals surface area contributed by atoms with E-state index in [2.05, 4.69) is 38.6 Å². The highest BCUT2D eigenvalue weighted by Gasteiger charge is 2.09. The Hall–Kier alpha value is -0.990. The summed E-state index contributed by atoms with van der Waals surface area (Å²) in [7, 11) is -3.20. The van der Waals surface area contributed by atoms with Crippen molar-refractivity contribution in [3.05, 3.63) is 12.2 Å². The lowest BCUT2D eigenvalue weighted by Gasteiger charge is -2.08. The average molecular weight is 290 g/mol. The summed E-state index contributed by atoms with van der Waals surface area (Å²) in [5, 5.41) is 6.86. The number of unbranched alkanes of at least 4 members (excludes halogenated alkanes) is 1. The van der Waals surface area contributed by atoms with E-state index in [9.17, 15) is 8.42 Å². The van der Waals surface area contributed by atoms with Crippen LogP contribution in [0.4, 0.5) is 0 Å². The summed E-state index contributed by atoms with van der Waals surface area (Å²) >= 11 is 0. The molecule has 0 aliphatic heterocycles. The van der Waals surface area contributed by atoms with Crippen molar-refractivity contribution in [2.45, 2.75) is 39.2 Å². The molecule has 7 nitrogen and oxygen atoms in total. The SMILES string of the molecule is CC(C)NCCCCS(=O)(=O)NCCc1ncon1. The number of hydrogen-bond acceptors (Lipinski definition) is 6. The molecule has 0 atom stereocenters. The first-order valence-electron chi connectivity index (χ1n) is 6.45. The molecule has 2 N–H and O–H groups in total. The van der Waals surface area contributed by atoms with E-state index in [1.54, 1.807) is 0 Å². The molecule has 0 bridgehead atoms. The highest BCUT2D eigenvalue weighted by atomic mass is 32.2. The van der Waals surface area contributed by atoms with Gasteiger partial charge in [0.15, 0.2) is 5.82 Å². The molecule has 8 heteroatoms. The van der Waals surface area contributed by atoms with Gasteiger partial charge >= 0.3 is 0 Å². The van der Waals surface area contributed by atoms with Crippen LogP contribution in [-0.2, 0) is 16.4 Å². The Morgan fingerprint density at radius 3 is 2.74 bits per heavy atom. The zero-order valence-electron chi connectivity index (χ0n) is 11.4. The number of aromatic nitrogens is 2. The van der Waals surface area contributed by atoms with Crippen molar-refractivity contribution >= 4 is 10.0 Å². The maximum Gasteiger partial charge on any atom is 0.213 e. The van der Waals surface area contributed by atoms with Gasteiger partial charge in [-0.05, 0) is 19.4 Å². The van der Waals surface area contributed by atoms with E-state index in [0.717, 1.165) is 13.0 Å². The van der Waals surface area contributed by atoms with Crippen molar-refractivity contribution in [3.63, 3.8) is 0 Å². The zero-order chi connectivity index (χ0) is 14.1. The van der Waals surface area contributed by atoms with Gasteiger partial charge in [0.05, 0.1) is 5.75 Å². The zero-order valence-corrected chi connectivity index (χ0v) is 12.2. The molecule has 1 aromatic rings. The third-order valence-electron chi connectivity index (χ3n) is 2.47. The summed E-state index contributed by atoms with van der Waals surface area (Å²) in [4.78, 5) is 3.82. The first-order chi connectivity index (χ1) is 8.99. The van der Waals surface area contributed by atoms with Gasteiger partial charge in [-0.25, -0.2) is 13.1 Å². The second-order valence-corrected chi connectivity index (χ2v) is 6.55. The molecule has 1 aromatic heterocycles. The van der Waals surface area contributed by atoms with E-state index in [1.165, 1.54) is 6.39 Å². The van der Waals surface area contributed by atoms with Gasteiger partial charge in [0.1, 0.15) is 0 Å². The molecule has 0 unspecified atom stereocenters. The number of nitrogens with zero attached hydrogens (tertiary/aromatic N) is 2. The molecule has 0 saturated heterocycles. The van der Waals surface area contributed by atoms with Gasteiger partial charge in [-0.15, -0.1) is 0 Å². The van der Waals surface area contributed by atoms with E-state index < -0.39 is 10.0 Å². The van der Waals surface area contributed by atoms with Gasteiger partial charge in [0, 0.05) is 19.0 Å². The molecule has 0 amide bonds. The minimum absolute atomic E-state index is 0.152. The Morgan fingerprint density at radius 1 is 1.32 bits per heavy atom. The number of sulfonamides is 1. The predicted octanol–water partition coefficient (Wildman–Crippen LogP) is 0.310. The Kier molecular flexibility index (Phi) is 6.96. The van der Waals surface area contributed by atoms with Gasteiger partial charge < -0.3 is 9.84 Å². The van der Waals surface area contributed by atoms with E-state index >= 15 is 0 Å². The van der Waals surface area contributed by atoms with E-state index in [0.29, 0.717) is 31.3 Å². The predicted molar refractivity (Wildman–Crippen MR) is 72.2 cm³/mol. The molecule has 19 heavy (non-hydrogen) atoms. The first-order valence-corrected chi connectivity index (χ1v) is 8.11. The van der Waals surface area contributed by atoms with Gasteiger partial charge in [-0.1, -0.05) is 19.0 Å². The van der Waals surface area contributed by atoms with Crippen LogP contribution in [0.2, 0.25) is 0 Å². The Labute approximate surface area is 114 Å². The number of rotatable bonds is 10. The van der Waals surface area contributed by atoms with Crippen LogP contribution in [0.15, 0.2) is 10.9 Å². The summed E-state index contributed by atoms with van der Waals surface area (Å²) in [6.07, 6.45) is 3.16. The highest BCUT2D eigenvalue weighted by molar-refractivity contribution is 7.89. The second kappa shape index (κ2) is 8.23. The van der Waals surface area contributed by atoms with Crippen LogP contribution in [0.25, 0.3) is 0 Å². The van der Waals surface area contributed by atoms with Crippen molar-refractivity contribution in [2.75, 3.05) is 18.8 Å². The topological polar surface area (TPSA) is 97.1 Å². The Morgan fingerprint density at radius 2 is 2.11 bits per heavy atom. The minimum atomic E-state index is -3.20. The average Bonchev–Trinajstić information content (AvgIpc) is 2.80. The van der Waals surface area contributed by atoms with Crippen molar-refractivity contribution in [3.8, 4) is 0 Å². The van der Waals surface area contributed by atoms with Crippen LogP contribution < -0.4 is 10.0 Å². The summed E-state index contributed by atoms with van der Waals surface area (Å²) in [6.45, 7) is 5.27. The van der Waals surface area contributed by atoms with E-state index in [1.807, 2.05) is 0 Å². The Balaban J connectivity index is 2.10. The molecule has 0 aromatic carbocycles. The first kappa shape index (κ1) is 16.1. The lowest BCUT2D eigenvalue weighted by molar-refractivity contribution is 0.409. The molecule has 0 spiro atoms. The third-order valence-corrected chi connectivity index (χ3v) is 3.94. The van der Waals surface area contributed by atoms with Crippen molar-refractivity contribution in [1.82, 2.24) is 20.2 Å². The van der Waals surface area contributed by atoms with Crippen LogP contribution in [-0.4, -0.2) is 43.4 Å². The number of nitrogens with one attached hydrogen (secondary N) is 2. The standard InChI is InChI=1S/C11H22N4O3S/c1-10(2)12-6-3-4-8-19(16,17)14-7-5-11-13-9-18-15-11/h9-10,12,14H,3-8H2,1-2H3. The van der Waals surface area contributed by atoms with Gasteiger partial charge in [-0.3, -0.25) is 0 Å². The van der Waals surface area contributed by atoms with Gasteiger partial charge in [0.25, 0.3) is 0 Å². The monoisotopic (exact) mass is 290 g/mol. The minimum Gasteiger partial charge on any atom is -0.343 e. The lowest BCUT2D eigenvalue weighted by atomic mass is 10.3. The molecular formula is C11H22N4O3S. The molecule has 110 valence electrons. The van der Waals surface area contributed by atoms with Crippen molar-refractivity contribution in [2.24, 2.45) is 0 Å². The largest absolute Gasteiger partial charge is 0.343 e. The summed E-state index contributed by atoms with van der Waals surface area (Å²) in [6, 6.07) is 0.435. The third kappa shape index (κ3) is 7.91. The smallest absolute Gasteiger partial charge is 0.213 e. The molecule has 0 saturated carbocycles. The fourth-order valence-electron chi connectivity index (χ4n) is 1.50. The Bertz CT molecular complexity index is 431. The van der Waals surface area contributed by atoms with Crippen molar-refractivity contribution in [1.29, 1.82) is 0 Å². The fraction of sp³-hybridized carbons (Fsp3) is 0.818. The molecule has 0 aliphatic carbocycles. The quantitative estimate of drug-likeness (QED) is 0.602. The molecule has 1 rings (SSSR count). The molecule has 1 heterocycles. The van der Waals surface area contributed by atoms with Gasteiger partial charge in [0.2, 0.25) is 16.4 Å². The summed E-state index contributed by atoms with van der Waals surface area (Å²) in [5.41, 5.74) is 0. The summed E-state index contributed by atoms with van der Waals surface area (Å²) < 4.78 is 30.4. The summed E-state index contributed by atoms with van der Waals surface area (Å²) in [5.74, 6) is 0.655. The van der Waals surface area contributed by atoms with Crippen LogP contribution in [0.3, 0.4) is 0 Å². The fourth-order valence-corrected chi connectivity index (χ4v) is 2.64.